The van der Waals surface area contributed by atoms with Gasteiger partial charge in [-0.2, -0.15) is 0 Å². The second-order valence-electron chi connectivity index (χ2n) is 15.8. The maximum Gasteiger partial charge on any atom is 0.472 e. The fraction of sp³-hybridized carbons (Fsp3) is 0.872. The summed E-state index contributed by atoms with van der Waals surface area (Å²) in [6, 6.07) is 0. The van der Waals surface area contributed by atoms with Crippen molar-refractivity contribution in [2.45, 2.75) is 245 Å². The van der Waals surface area contributed by atoms with E-state index in [0.717, 1.165) is 44.9 Å². The summed E-state index contributed by atoms with van der Waals surface area (Å²) in [7, 11) is -4.28. The molecule has 0 heterocycles. The molecule has 0 aliphatic heterocycles. The minimum Gasteiger partial charge on any atom is -0.462 e. The van der Waals surface area contributed by atoms with E-state index in [1.165, 1.54) is 154 Å². The molecule has 0 radical (unpaired) electrons. The van der Waals surface area contributed by atoms with Crippen molar-refractivity contribution >= 4 is 19.8 Å². The number of phosphoric ester groups is 1. The number of ether oxygens (including phenoxy) is 2. The molecule has 0 spiro atoms. The first kappa shape index (κ1) is 54.5. The zero-order chi connectivity index (χ0) is 41.1. The van der Waals surface area contributed by atoms with E-state index < -0.39 is 26.5 Å². The highest BCUT2D eigenvalue weighted by Crippen LogP contribution is 2.43. The lowest BCUT2D eigenvalue weighted by atomic mass is 10.1. The highest BCUT2D eigenvalue weighted by Gasteiger charge is 2.25. The summed E-state index contributed by atoms with van der Waals surface area (Å²) in [5.41, 5.74) is 0. The molecule has 0 aromatic heterocycles. The van der Waals surface area contributed by atoms with Crippen molar-refractivity contribution in [2.24, 2.45) is 0 Å². The van der Waals surface area contributed by atoms with Crippen LogP contribution in [0.4, 0.5) is 0 Å². The Morgan fingerprint density at radius 3 is 1.18 bits per heavy atom. The van der Waals surface area contributed by atoms with Gasteiger partial charge in [0.25, 0.3) is 0 Å². The predicted octanol–water partition coefficient (Wildman–Crippen LogP) is 15.0. The maximum absolute atomic E-state index is 12.6. The largest absolute Gasteiger partial charge is 0.472 e. The SMILES string of the molecule is CCCCCCCCC/C=C\CCCCCCCCCC(=O)OCC(COP(=O)(O)OCC)OC(=O)CCCCCCCCC/C=C\CCCCCCCCC. The van der Waals surface area contributed by atoms with E-state index in [9.17, 15) is 19.0 Å². The molecule has 1 N–H and O–H groups in total. The van der Waals surface area contributed by atoms with Crippen molar-refractivity contribution < 1.29 is 37.6 Å². The summed E-state index contributed by atoms with van der Waals surface area (Å²) >= 11 is 0. The van der Waals surface area contributed by atoms with Crippen LogP contribution in [0.2, 0.25) is 0 Å². The molecular weight excluding hydrogens is 723 g/mol. The van der Waals surface area contributed by atoms with Gasteiger partial charge in [-0.1, -0.05) is 179 Å². The first-order valence-electron chi connectivity index (χ1n) is 23.6. The van der Waals surface area contributed by atoms with Gasteiger partial charge in [0, 0.05) is 12.8 Å². The topological polar surface area (TPSA) is 108 Å². The highest BCUT2D eigenvalue weighted by atomic mass is 31.2. The molecule has 0 aliphatic rings. The van der Waals surface area contributed by atoms with Crippen molar-refractivity contribution in [3.63, 3.8) is 0 Å². The first-order valence-corrected chi connectivity index (χ1v) is 25.1. The van der Waals surface area contributed by atoms with Crippen molar-refractivity contribution in [1.82, 2.24) is 0 Å². The van der Waals surface area contributed by atoms with Gasteiger partial charge < -0.3 is 14.4 Å². The molecule has 0 amide bonds. The molecule has 0 fully saturated rings. The molecule has 0 aromatic carbocycles. The first-order chi connectivity index (χ1) is 27.3. The maximum atomic E-state index is 12.6. The molecule has 2 atom stereocenters. The van der Waals surface area contributed by atoms with Gasteiger partial charge in [-0.25, -0.2) is 4.57 Å². The number of allylic oxidation sites excluding steroid dienone is 4. The Bertz CT molecular complexity index is 968. The second kappa shape index (κ2) is 43.1. The lowest BCUT2D eigenvalue weighted by Crippen LogP contribution is -2.29. The number of carbonyl (C=O) groups excluding carboxylic acids is 2. The van der Waals surface area contributed by atoms with Crippen LogP contribution in [0.25, 0.3) is 0 Å². The number of carbonyl (C=O) groups is 2. The minimum absolute atomic E-state index is 0.000365. The summed E-state index contributed by atoms with van der Waals surface area (Å²) in [6.45, 7) is 5.49. The van der Waals surface area contributed by atoms with Gasteiger partial charge in [-0.15, -0.1) is 0 Å². The van der Waals surface area contributed by atoms with Gasteiger partial charge >= 0.3 is 19.8 Å². The van der Waals surface area contributed by atoms with Gasteiger partial charge in [0.05, 0.1) is 13.2 Å². The summed E-state index contributed by atoms with van der Waals surface area (Å²) in [6.07, 6.45) is 48.0. The molecule has 0 aliphatic carbocycles. The van der Waals surface area contributed by atoms with Crippen molar-refractivity contribution in [2.75, 3.05) is 19.8 Å². The molecule has 0 rings (SSSR count). The van der Waals surface area contributed by atoms with Gasteiger partial charge in [-0.3, -0.25) is 18.6 Å². The van der Waals surface area contributed by atoms with E-state index in [1.54, 1.807) is 6.92 Å². The van der Waals surface area contributed by atoms with Crippen LogP contribution in [0.3, 0.4) is 0 Å². The van der Waals surface area contributed by atoms with Gasteiger partial charge in [0.15, 0.2) is 6.10 Å². The Morgan fingerprint density at radius 1 is 0.464 bits per heavy atom. The molecule has 2 unspecified atom stereocenters. The number of phosphoric acid groups is 1. The van der Waals surface area contributed by atoms with Gasteiger partial charge in [0.2, 0.25) is 0 Å². The average molecular weight is 813 g/mol. The monoisotopic (exact) mass is 813 g/mol. The Morgan fingerprint density at radius 2 is 0.804 bits per heavy atom. The normalized spacial score (nSPS) is 13.4. The van der Waals surface area contributed by atoms with E-state index in [2.05, 4.69) is 38.2 Å². The van der Waals surface area contributed by atoms with Crippen molar-refractivity contribution in [1.29, 1.82) is 0 Å². The fourth-order valence-electron chi connectivity index (χ4n) is 6.74. The summed E-state index contributed by atoms with van der Waals surface area (Å²) < 4.78 is 32.7. The van der Waals surface area contributed by atoms with Crippen LogP contribution < -0.4 is 0 Å². The number of unbranched alkanes of at least 4 members (excludes halogenated alkanes) is 28. The van der Waals surface area contributed by atoms with Crippen molar-refractivity contribution in [3.8, 4) is 0 Å². The van der Waals surface area contributed by atoms with E-state index in [4.69, 9.17) is 18.5 Å². The third-order valence-electron chi connectivity index (χ3n) is 10.2. The molecule has 0 saturated carbocycles. The highest BCUT2D eigenvalue weighted by molar-refractivity contribution is 7.47. The molecular formula is C47H89O8P. The van der Waals surface area contributed by atoms with Crippen LogP contribution in [0.15, 0.2) is 24.3 Å². The van der Waals surface area contributed by atoms with Crippen LogP contribution in [-0.2, 0) is 32.7 Å². The van der Waals surface area contributed by atoms with Gasteiger partial charge in [-0.05, 0) is 71.1 Å². The predicted molar refractivity (Wildman–Crippen MR) is 235 cm³/mol. The van der Waals surface area contributed by atoms with Crippen LogP contribution >= 0.6 is 7.82 Å². The minimum atomic E-state index is -4.28. The standard InChI is InChI=1S/C47H89O8P/c1-4-7-9-11-13-15-17-19-21-23-25-27-29-31-33-35-37-39-41-46(48)52-43-45(44-54-56(50,51)53-6-3)55-47(49)42-40-38-36-34-32-30-28-26-24-22-20-18-16-14-12-10-8-5-2/h21-24,45H,4-20,25-44H2,1-3H3,(H,50,51)/b23-21-,24-22-. The Kier molecular flexibility index (Phi) is 42.0. The lowest BCUT2D eigenvalue weighted by Gasteiger charge is -2.19. The molecule has 0 saturated heterocycles. The summed E-state index contributed by atoms with van der Waals surface area (Å²) in [4.78, 5) is 34.8. The van der Waals surface area contributed by atoms with E-state index in [0.29, 0.717) is 12.8 Å². The molecule has 9 heteroatoms. The fourth-order valence-corrected chi connectivity index (χ4v) is 7.49. The zero-order valence-electron chi connectivity index (χ0n) is 36.8. The summed E-state index contributed by atoms with van der Waals surface area (Å²) in [5.74, 6) is -0.799. The number of esters is 2. The van der Waals surface area contributed by atoms with Gasteiger partial charge in [0.1, 0.15) is 6.61 Å². The average Bonchev–Trinajstić information content (AvgIpc) is 3.18. The van der Waals surface area contributed by atoms with Crippen LogP contribution in [0.5, 0.6) is 0 Å². The Balaban J connectivity index is 4.03. The molecule has 0 bridgehead atoms. The molecule has 56 heavy (non-hydrogen) atoms. The third-order valence-corrected chi connectivity index (χ3v) is 11.3. The zero-order valence-corrected chi connectivity index (χ0v) is 37.7. The summed E-state index contributed by atoms with van der Waals surface area (Å²) in [5, 5.41) is 0. The Labute approximate surface area is 345 Å². The van der Waals surface area contributed by atoms with E-state index in [1.807, 2.05) is 0 Å². The van der Waals surface area contributed by atoms with Crippen LogP contribution in [0, 0.1) is 0 Å². The quantitative estimate of drug-likeness (QED) is 0.0280. The molecule has 8 nitrogen and oxygen atoms in total. The van der Waals surface area contributed by atoms with E-state index >= 15 is 0 Å². The number of rotatable bonds is 44. The Hall–Kier alpha value is -1.47. The van der Waals surface area contributed by atoms with Crippen molar-refractivity contribution in [3.05, 3.63) is 24.3 Å². The lowest BCUT2D eigenvalue weighted by molar-refractivity contribution is -0.161. The number of hydrogen-bond donors (Lipinski definition) is 1. The van der Waals surface area contributed by atoms with Crippen LogP contribution in [0.1, 0.15) is 239 Å². The second-order valence-corrected chi connectivity index (χ2v) is 17.2. The van der Waals surface area contributed by atoms with Crippen LogP contribution in [-0.4, -0.2) is 42.8 Å². The third kappa shape index (κ3) is 42.1. The van der Waals surface area contributed by atoms with E-state index in [-0.39, 0.29) is 25.6 Å². The number of hydrogen-bond acceptors (Lipinski definition) is 7. The molecule has 330 valence electrons. The molecule has 0 aromatic rings. The smallest absolute Gasteiger partial charge is 0.462 e.